The van der Waals surface area contributed by atoms with Gasteiger partial charge in [-0.25, -0.2) is 0 Å². The second kappa shape index (κ2) is 7.81. The van der Waals surface area contributed by atoms with Crippen molar-refractivity contribution in [3.63, 3.8) is 0 Å². The molecule has 0 spiro atoms. The van der Waals surface area contributed by atoms with Crippen LogP contribution in [-0.2, 0) is 11.3 Å². The summed E-state index contributed by atoms with van der Waals surface area (Å²) in [5.41, 5.74) is 1.35. The van der Waals surface area contributed by atoms with Crippen molar-refractivity contribution >= 4 is 21.8 Å². The van der Waals surface area contributed by atoms with E-state index in [1.165, 1.54) is 0 Å². The van der Waals surface area contributed by atoms with Crippen LogP contribution in [0.4, 0.5) is 0 Å². The number of rotatable bonds is 5. The zero-order valence-corrected chi connectivity index (χ0v) is 14.9. The van der Waals surface area contributed by atoms with Gasteiger partial charge in [-0.05, 0) is 47.0 Å². The van der Waals surface area contributed by atoms with E-state index < -0.39 is 0 Å². The number of para-hydroxylation sites is 1. The summed E-state index contributed by atoms with van der Waals surface area (Å²) in [7, 11) is 0. The zero-order valence-electron chi connectivity index (χ0n) is 13.3. The normalized spacial score (nSPS) is 17.0. The second-order valence-corrected chi connectivity index (χ2v) is 6.78. The van der Waals surface area contributed by atoms with E-state index in [0.29, 0.717) is 18.7 Å². The molecule has 1 atom stereocenters. The number of amides is 1. The topological polar surface area (TPSA) is 49.8 Å². The fourth-order valence-corrected chi connectivity index (χ4v) is 3.36. The number of carbonyl (C=O) groups is 1. The van der Waals surface area contributed by atoms with E-state index in [2.05, 4.69) is 15.9 Å². The highest BCUT2D eigenvalue weighted by atomic mass is 79.9. The molecule has 0 radical (unpaired) electrons. The van der Waals surface area contributed by atoms with Crippen LogP contribution in [0.3, 0.4) is 0 Å². The van der Waals surface area contributed by atoms with Crippen LogP contribution >= 0.6 is 15.9 Å². The lowest BCUT2D eigenvalue weighted by Crippen LogP contribution is -2.37. The maximum Gasteiger partial charge on any atom is 0.255 e. The van der Waals surface area contributed by atoms with Crippen molar-refractivity contribution in [3.05, 3.63) is 64.1 Å². The Morgan fingerprint density at radius 1 is 1.21 bits per heavy atom. The molecule has 5 heteroatoms. The Hall–Kier alpha value is -1.85. The molecule has 2 aromatic carbocycles. The molecule has 1 unspecified atom stereocenters. The van der Waals surface area contributed by atoms with Crippen LogP contribution in [-0.4, -0.2) is 35.2 Å². The molecule has 2 aromatic rings. The molecule has 4 nitrogen and oxygen atoms in total. The van der Waals surface area contributed by atoms with Gasteiger partial charge in [-0.15, -0.1) is 0 Å². The molecule has 1 heterocycles. The summed E-state index contributed by atoms with van der Waals surface area (Å²) in [6, 6.07) is 14.5. The van der Waals surface area contributed by atoms with Gasteiger partial charge in [0.25, 0.3) is 5.91 Å². The number of benzene rings is 2. The maximum absolute atomic E-state index is 13.0. The summed E-state index contributed by atoms with van der Waals surface area (Å²) in [4.78, 5) is 14.8. The molecule has 0 saturated carbocycles. The Morgan fingerprint density at radius 3 is 2.67 bits per heavy atom. The average Bonchev–Trinajstić information content (AvgIpc) is 3.09. The summed E-state index contributed by atoms with van der Waals surface area (Å²) in [6.45, 7) is 1.62. The minimum Gasteiger partial charge on any atom is -0.508 e. The van der Waals surface area contributed by atoms with Gasteiger partial charge in [0.05, 0.1) is 11.7 Å². The zero-order chi connectivity index (χ0) is 16.9. The lowest BCUT2D eigenvalue weighted by atomic mass is 10.1. The molecule has 3 rings (SSSR count). The minimum absolute atomic E-state index is 0.0577. The predicted octanol–water partition coefficient (Wildman–Crippen LogP) is 3.98. The first-order chi connectivity index (χ1) is 11.6. The van der Waals surface area contributed by atoms with Crippen LogP contribution in [0.5, 0.6) is 5.75 Å². The Bertz CT molecular complexity index is 713. The molecule has 1 saturated heterocycles. The Balaban J connectivity index is 1.85. The molecule has 24 heavy (non-hydrogen) atoms. The molecule has 0 bridgehead atoms. The van der Waals surface area contributed by atoms with Crippen LogP contribution in [0.2, 0.25) is 0 Å². The SMILES string of the molecule is O=C(c1ccccc1Br)N(Cc1ccccc1O)CC1CCCO1. The van der Waals surface area contributed by atoms with E-state index in [4.69, 9.17) is 4.74 Å². The number of aromatic hydroxyl groups is 1. The number of carbonyl (C=O) groups excluding carboxylic acids is 1. The summed E-state index contributed by atoms with van der Waals surface area (Å²) < 4.78 is 6.47. The number of ether oxygens (including phenoxy) is 1. The van der Waals surface area contributed by atoms with E-state index in [9.17, 15) is 9.90 Å². The summed E-state index contributed by atoms with van der Waals surface area (Å²) >= 11 is 3.45. The van der Waals surface area contributed by atoms with E-state index in [1.807, 2.05) is 30.3 Å². The van der Waals surface area contributed by atoms with Crippen LogP contribution in [0.1, 0.15) is 28.8 Å². The lowest BCUT2D eigenvalue weighted by molar-refractivity contribution is 0.0505. The van der Waals surface area contributed by atoms with Crippen molar-refractivity contribution in [2.75, 3.05) is 13.2 Å². The average molecular weight is 390 g/mol. The molecular weight excluding hydrogens is 370 g/mol. The third kappa shape index (κ3) is 3.97. The van der Waals surface area contributed by atoms with Gasteiger partial charge < -0.3 is 14.7 Å². The highest BCUT2D eigenvalue weighted by molar-refractivity contribution is 9.10. The number of halogens is 1. The number of phenols is 1. The largest absolute Gasteiger partial charge is 0.508 e. The summed E-state index contributed by atoms with van der Waals surface area (Å²) in [5.74, 6) is 0.135. The van der Waals surface area contributed by atoms with Crippen LogP contribution in [0, 0.1) is 0 Å². The van der Waals surface area contributed by atoms with Gasteiger partial charge in [0, 0.05) is 29.7 Å². The fourth-order valence-electron chi connectivity index (χ4n) is 2.91. The van der Waals surface area contributed by atoms with Crippen LogP contribution in [0.15, 0.2) is 53.0 Å². The minimum atomic E-state index is -0.0683. The van der Waals surface area contributed by atoms with Crippen molar-refractivity contribution in [1.29, 1.82) is 0 Å². The van der Waals surface area contributed by atoms with Crippen molar-refractivity contribution in [3.8, 4) is 5.75 Å². The Kier molecular flexibility index (Phi) is 5.53. The lowest BCUT2D eigenvalue weighted by Gasteiger charge is -2.26. The molecule has 1 N–H and O–H groups in total. The van der Waals surface area contributed by atoms with E-state index in [-0.39, 0.29) is 17.8 Å². The van der Waals surface area contributed by atoms with E-state index >= 15 is 0 Å². The molecule has 0 aliphatic carbocycles. The van der Waals surface area contributed by atoms with Crippen molar-refractivity contribution < 1.29 is 14.6 Å². The number of phenolic OH excluding ortho intramolecular Hbond substituents is 1. The van der Waals surface area contributed by atoms with Gasteiger partial charge in [-0.1, -0.05) is 30.3 Å². The van der Waals surface area contributed by atoms with Gasteiger partial charge in [0.1, 0.15) is 5.75 Å². The first-order valence-electron chi connectivity index (χ1n) is 8.07. The monoisotopic (exact) mass is 389 g/mol. The molecule has 126 valence electrons. The first kappa shape index (κ1) is 17.0. The molecular formula is C19H20BrNO3. The fraction of sp³-hybridized carbons (Fsp3) is 0.316. The third-order valence-electron chi connectivity index (χ3n) is 4.19. The van der Waals surface area contributed by atoms with Gasteiger partial charge in [0.15, 0.2) is 0 Å². The van der Waals surface area contributed by atoms with Gasteiger partial charge in [0.2, 0.25) is 0 Å². The van der Waals surface area contributed by atoms with Crippen molar-refractivity contribution in [2.45, 2.75) is 25.5 Å². The highest BCUT2D eigenvalue weighted by Gasteiger charge is 2.25. The summed E-state index contributed by atoms with van der Waals surface area (Å²) in [6.07, 6.45) is 2.04. The van der Waals surface area contributed by atoms with Gasteiger partial charge in [-0.2, -0.15) is 0 Å². The first-order valence-corrected chi connectivity index (χ1v) is 8.86. The molecule has 1 aliphatic rings. The van der Waals surface area contributed by atoms with E-state index in [1.54, 1.807) is 23.1 Å². The van der Waals surface area contributed by atoms with Gasteiger partial charge >= 0.3 is 0 Å². The molecule has 0 aromatic heterocycles. The highest BCUT2D eigenvalue weighted by Crippen LogP contribution is 2.24. The smallest absolute Gasteiger partial charge is 0.255 e. The van der Waals surface area contributed by atoms with Crippen molar-refractivity contribution in [2.24, 2.45) is 0 Å². The molecule has 1 amide bonds. The predicted molar refractivity (Wildman–Crippen MR) is 96.0 cm³/mol. The van der Waals surface area contributed by atoms with Crippen LogP contribution in [0.25, 0.3) is 0 Å². The number of hydrogen-bond donors (Lipinski definition) is 1. The van der Waals surface area contributed by atoms with Crippen molar-refractivity contribution in [1.82, 2.24) is 4.90 Å². The second-order valence-electron chi connectivity index (χ2n) is 5.93. The number of nitrogens with zero attached hydrogens (tertiary/aromatic N) is 1. The van der Waals surface area contributed by atoms with Crippen LogP contribution < -0.4 is 0 Å². The van der Waals surface area contributed by atoms with E-state index in [0.717, 1.165) is 29.5 Å². The summed E-state index contributed by atoms with van der Waals surface area (Å²) in [5, 5.41) is 10.0. The Morgan fingerprint density at radius 2 is 1.96 bits per heavy atom. The Labute approximate surface area is 150 Å². The third-order valence-corrected chi connectivity index (χ3v) is 4.88. The number of hydrogen-bond acceptors (Lipinski definition) is 3. The van der Waals surface area contributed by atoms with Gasteiger partial charge in [-0.3, -0.25) is 4.79 Å². The standard InChI is InChI=1S/C19H20BrNO3/c20-17-9-3-2-8-16(17)19(23)21(13-15-7-5-11-24-15)12-14-6-1-4-10-18(14)22/h1-4,6,8-10,15,22H,5,7,11-13H2. The maximum atomic E-state index is 13.0. The molecule has 1 aliphatic heterocycles. The molecule has 1 fully saturated rings. The quantitative estimate of drug-likeness (QED) is 0.841.